The van der Waals surface area contributed by atoms with Crippen molar-refractivity contribution in [3.8, 4) is 5.75 Å². The Bertz CT molecular complexity index is 629. The molecule has 1 aromatic carbocycles. The maximum atomic E-state index is 12.0. The molecule has 0 aromatic heterocycles. The minimum absolute atomic E-state index is 0.0175. The lowest BCUT2D eigenvalue weighted by atomic mass is 10.1. The second-order valence-electron chi connectivity index (χ2n) is 5.55. The largest absolute Gasteiger partial charge is 0.496 e. The zero-order chi connectivity index (χ0) is 17.0. The average molecular weight is 320 g/mol. The molecule has 7 nitrogen and oxygen atoms in total. The van der Waals surface area contributed by atoms with E-state index in [4.69, 9.17) is 9.84 Å². The number of carboxylic acid groups (broad SMARTS) is 1. The number of likely N-dealkylation sites (tertiary alicyclic amines) is 1. The Kier molecular flexibility index (Phi) is 5.20. The van der Waals surface area contributed by atoms with Gasteiger partial charge >= 0.3 is 5.97 Å². The molecule has 7 heteroatoms. The number of benzene rings is 1. The zero-order valence-electron chi connectivity index (χ0n) is 13.2. The normalized spacial score (nSPS) is 17.2. The minimum atomic E-state index is -1.02. The van der Waals surface area contributed by atoms with Crippen LogP contribution in [0.5, 0.6) is 5.75 Å². The van der Waals surface area contributed by atoms with Gasteiger partial charge in [0.15, 0.2) is 0 Å². The lowest BCUT2D eigenvalue weighted by Crippen LogP contribution is -2.33. The number of amides is 2. The third-order valence-electron chi connectivity index (χ3n) is 3.94. The number of carbonyl (C=O) groups excluding carboxylic acids is 2. The summed E-state index contributed by atoms with van der Waals surface area (Å²) in [5, 5.41) is 11.8. The topological polar surface area (TPSA) is 95.9 Å². The molecule has 2 amide bonds. The van der Waals surface area contributed by atoms with Crippen molar-refractivity contribution in [2.75, 3.05) is 27.2 Å². The summed E-state index contributed by atoms with van der Waals surface area (Å²) in [6, 6.07) is 4.65. The number of ether oxygens (including phenoxy) is 1. The zero-order valence-corrected chi connectivity index (χ0v) is 13.2. The number of hydrogen-bond acceptors (Lipinski definition) is 4. The molecule has 1 unspecified atom stereocenters. The van der Waals surface area contributed by atoms with Gasteiger partial charge in [0.1, 0.15) is 5.75 Å². The highest BCUT2D eigenvalue weighted by atomic mass is 16.5. The molecule has 1 fully saturated rings. The number of hydrogen-bond donors (Lipinski definition) is 2. The fraction of sp³-hybridized carbons (Fsp3) is 0.438. The average Bonchev–Trinajstić information content (AvgIpc) is 2.86. The smallest absolute Gasteiger partial charge is 0.335 e. The number of carbonyl (C=O) groups is 3. The molecule has 124 valence electrons. The van der Waals surface area contributed by atoms with E-state index in [1.54, 1.807) is 18.0 Å². The number of carboxylic acids is 1. The van der Waals surface area contributed by atoms with Gasteiger partial charge in [0.2, 0.25) is 11.8 Å². The first kappa shape index (κ1) is 16.8. The van der Waals surface area contributed by atoms with Crippen molar-refractivity contribution in [1.82, 2.24) is 10.2 Å². The summed E-state index contributed by atoms with van der Waals surface area (Å²) in [7, 11) is 3.16. The molecular weight excluding hydrogens is 300 g/mol. The first-order chi connectivity index (χ1) is 10.9. The summed E-state index contributed by atoms with van der Waals surface area (Å²) in [6.45, 7) is 0.845. The van der Waals surface area contributed by atoms with Crippen molar-refractivity contribution >= 4 is 17.8 Å². The number of nitrogens with zero attached hydrogens (tertiary/aromatic N) is 1. The predicted octanol–water partition coefficient (Wildman–Crippen LogP) is 0.530. The maximum Gasteiger partial charge on any atom is 0.335 e. The van der Waals surface area contributed by atoms with Crippen molar-refractivity contribution in [3.63, 3.8) is 0 Å². The van der Waals surface area contributed by atoms with E-state index in [2.05, 4.69) is 5.32 Å². The molecule has 1 saturated heterocycles. The number of nitrogens with one attached hydrogen (secondary N) is 1. The molecule has 1 atom stereocenters. The van der Waals surface area contributed by atoms with E-state index in [1.807, 2.05) is 0 Å². The van der Waals surface area contributed by atoms with Gasteiger partial charge in [-0.05, 0) is 24.1 Å². The van der Waals surface area contributed by atoms with Gasteiger partial charge in [-0.2, -0.15) is 0 Å². The molecular formula is C16H20N2O5. The van der Waals surface area contributed by atoms with E-state index in [1.165, 1.54) is 19.2 Å². The van der Waals surface area contributed by atoms with Gasteiger partial charge in [0.25, 0.3) is 0 Å². The second kappa shape index (κ2) is 7.13. The molecule has 1 heterocycles. The third-order valence-corrected chi connectivity index (χ3v) is 3.94. The summed E-state index contributed by atoms with van der Waals surface area (Å²) < 4.78 is 5.19. The van der Waals surface area contributed by atoms with Crippen LogP contribution in [-0.4, -0.2) is 55.0 Å². The first-order valence-electron chi connectivity index (χ1n) is 7.34. The molecule has 2 N–H and O–H groups in total. The van der Waals surface area contributed by atoms with E-state index >= 15 is 0 Å². The Hall–Kier alpha value is -2.57. The summed E-state index contributed by atoms with van der Waals surface area (Å²) in [6.07, 6.45) is 0.768. The number of rotatable bonds is 6. The van der Waals surface area contributed by atoms with Crippen LogP contribution in [0.4, 0.5) is 0 Å². The minimum Gasteiger partial charge on any atom is -0.496 e. The molecule has 23 heavy (non-hydrogen) atoms. The molecule has 1 aromatic rings. The highest BCUT2D eigenvalue weighted by molar-refractivity contribution is 5.89. The molecule has 0 radical (unpaired) electrons. The molecule has 0 spiro atoms. The number of methoxy groups -OCH3 is 1. The Balaban J connectivity index is 1.90. The van der Waals surface area contributed by atoms with Crippen LogP contribution >= 0.6 is 0 Å². The van der Waals surface area contributed by atoms with Gasteiger partial charge in [0, 0.05) is 26.6 Å². The van der Waals surface area contributed by atoms with Gasteiger partial charge in [-0.25, -0.2) is 4.79 Å². The van der Waals surface area contributed by atoms with Gasteiger partial charge in [-0.15, -0.1) is 0 Å². The van der Waals surface area contributed by atoms with Crippen LogP contribution in [0, 0.1) is 5.92 Å². The summed E-state index contributed by atoms with van der Waals surface area (Å²) >= 11 is 0. The van der Waals surface area contributed by atoms with Crippen molar-refractivity contribution < 1.29 is 24.2 Å². The quantitative estimate of drug-likeness (QED) is 0.797. The van der Waals surface area contributed by atoms with Crippen LogP contribution in [0.3, 0.4) is 0 Å². The molecule has 1 aliphatic rings. The third kappa shape index (κ3) is 4.00. The van der Waals surface area contributed by atoms with E-state index in [-0.39, 0.29) is 29.7 Å². The van der Waals surface area contributed by atoms with Crippen molar-refractivity contribution in [3.05, 3.63) is 29.3 Å². The highest BCUT2D eigenvalue weighted by Gasteiger charge is 2.31. The molecule has 2 rings (SSSR count). The molecule has 0 bridgehead atoms. The van der Waals surface area contributed by atoms with E-state index in [9.17, 15) is 14.4 Å². The van der Waals surface area contributed by atoms with Crippen LogP contribution in [0.1, 0.15) is 22.3 Å². The van der Waals surface area contributed by atoms with Gasteiger partial charge in [0.05, 0.1) is 18.6 Å². The van der Waals surface area contributed by atoms with E-state index in [0.717, 1.165) is 5.56 Å². The van der Waals surface area contributed by atoms with Crippen molar-refractivity contribution in [2.24, 2.45) is 5.92 Å². The van der Waals surface area contributed by atoms with Gasteiger partial charge in [-0.1, -0.05) is 6.07 Å². The van der Waals surface area contributed by atoms with Crippen LogP contribution < -0.4 is 10.1 Å². The standard InChI is InChI=1S/C16H20N2O5/c1-18-9-12(8-14(18)19)15(20)17-6-5-10-3-4-11(16(21)22)7-13(10)23-2/h3-4,7,12H,5-6,8-9H2,1-2H3,(H,17,20)(H,21,22). The lowest BCUT2D eigenvalue weighted by molar-refractivity contribution is -0.128. The first-order valence-corrected chi connectivity index (χ1v) is 7.34. The number of aromatic carboxylic acids is 1. The Morgan fingerprint density at radius 2 is 2.17 bits per heavy atom. The fourth-order valence-corrected chi connectivity index (χ4v) is 2.59. The second-order valence-corrected chi connectivity index (χ2v) is 5.55. The van der Waals surface area contributed by atoms with Crippen LogP contribution in [0.2, 0.25) is 0 Å². The summed E-state index contributed by atoms with van der Waals surface area (Å²) in [5.41, 5.74) is 0.972. The SMILES string of the molecule is COc1cc(C(=O)O)ccc1CCNC(=O)C1CC(=O)N(C)C1. The van der Waals surface area contributed by atoms with Gasteiger partial charge < -0.3 is 20.1 Å². The molecule has 0 saturated carbocycles. The van der Waals surface area contributed by atoms with E-state index in [0.29, 0.717) is 25.3 Å². The Morgan fingerprint density at radius 3 is 2.74 bits per heavy atom. The fourth-order valence-electron chi connectivity index (χ4n) is 2.59. The van der Waals surface area contributed by atoms with E-state index < -0.39 is 5.97 Å². The van der Waals surface area contributed by atoms with Crippen LogP contribution in [0.15, 0.2) is 18.2 Å². The van der Waals surface area contributed by atoms with Crippen molar-refractivity contribution in [1.29, 1.82) is 0 Å². The van der Waals surface area contributed by atoms with Crippen molar-refractivity contribution in [2.45, 2.75) is 12.8 Å². The van der Waals surface area contributed by atoms with Crippen LogP contribution in [-0.2, 0) is 16.0 Å². The molecule has 0 aliphatic carbocycles. The lowest BCUT2D eigenvalue weighted by Gasteiger charge is -2.12. The summed E-state index contributed by atoms with van der Waals surface area (Å²) in [4.78, 5) is 36.0. The Labute approximate surface area is 134 Å². The van der Waals surface area contributed by atoms with Crippen LogP contribution in [0.25, 0.3) is 0 Å². The summed E-state index contributed by atoms with van der Waals surface area (Å²) in [5.74, 6) is -0.989. The molecule has 1 aliphatic heterocycles. The predicted molar refractivity (Wildman–Crippen MR) is 82.4 cm³/mol. The maximum absolute atomic E-state index is 12.0. The monoisotopic (exact) mass is 320 g/mol. The Morgan fingerprint density at radius 1 is 1.43 bits per heavy atom. The van der Waals surface area contributed by atoms with Gasteiger partial charge in [-0.3, -0.25) is 9.59 Å². The highest BCUT2D eigenvalue weighted by Crippen LogP contribution is 2.21.